The molecule has 0 unspecified atom stereocenters. The SMILES string of the molecule is CCCCCC1CCC([C@H]2CC[C@H](OC(=O)c3cc[c]cc3)CC2)CC1. The van der Waals surface area contributed by atoms with Gasteiger partial charge in [-0.2, -0.15) is 0 Å². The molecule has 0 bridgehead atoms. The zero-order chi connectivity index (χ0) is 18.2. The van der Waals surface area contributed by atoms with Crippen LogP contribution in [0.25, 0.3) is 0 Å². The smallest absolute Gasteiger partial charge is 0.338 e. The molecule has 2 aliphatic rings. The van der Waals surface area contributed by atoms with E-state index in [-0.39, 0.29) is 12.1 Å². The second-order valence-corrected chi connectivity index (χ2v) is 8.51. The Morgan fingerprint density at radius 1 is 0.962 bits per heavy atom. The van der Waals surface area contributed by atoms with E-state index in [9.17, 15) is 4.79 Å². The molecule has 0 aliphatic heterocycles. The highest BCUT2D eigenvalue weighted by Crippen LogP contribution is 2.41. The predicted molar refractivity (Wildman–Crippen MR) is 106 cm³/mol. The molecule has 0 atom stereocenters. The monoisotopic (exact) mass is 355 g/mol. The summed E-state index contributed by atoms with van der Waals surface area (Å²) in [6.45, 7) is 2.29. The van der Waals surface area contributed by atoms with Crippen molar-refractivity contribution in [1.29, 1.82) is 0 Å². The van der Waals surface area contributed by atoms with Crippen LogP contribution in [0.1, 0.15) is 94.3 Å². The van der Waals surface area contributed by atoms with Crippen LogP contribution in [0, 0.1) is 23.8 Å². The quantitative estimate of drug-likeness (QED) is 0.407. The van der Waals surface area contributed by atoms with Crippen LogP contribution in [0.2, 0.25) is 0 Å². The minimum Gasteiger partial charge on any atom is -0.459 e. The molecule has 0 saturated heterocycles. The molecule has 2 fully saturated rings. The largest absolute Gasteiger partial charge is 0.459 e. The second-order valence-electron chi connectivity index (χ2n) is 8.51. The lowest BCUT2D eigenvalue weighted by Crippen LogP contribution is -2.29. The molecule has 1 aromatic rings. The maximum Gasteiger partial charge on any atom is 0.338 e. The lowest BCUT2D eigenvalue weighted by molar-refractivity contribution is 0.0109. The molecule has 2 heteroatoms. The van der Waals surface area contributed by atoms with Gasteiger partial charge in [0, 0.05) is 0 Å². The number of ether oxygens (including phenoxy) is 1. The van der Waals surface area contributed by atoms with Crippen molar-refractivity contribution < 1.29 is 9.53 Å². The van der Waals surface area contributed by atoms with Crippen molar-refractivity contribution in [2.24, 2.45) is 17.8 Å². The average molecular weight is 356 g/mol. The van der Waals surface area contributed by atoms with Crippen molar-refractivity contribution in [3.05, 3.63) is 35.9 Å². The van der Waals surface area contributed by atoms with E-state index in [2.05, 4.69) is 13.0 Å². The molecule has 0 aromatic heterocycles. The van der Waals surface area contributed by atoms with Crippen LogP contribution in [-0.4, -0.2) is 12.1 Å². The first kappa shape index (κ1) is 19.5. The number of rotatable bonds is 7. The first-order valence-electron chi connectivity index (χ1n) is 10.9. The highest BCUT2D eigenvalue weighted by molar-refractivity contribution is 5.89. The third kappa shape index (κ3) is 5.59. The average Bonchev–Trinajstić information content (AvgIpc) is 2.70. The summed E-state index contributed by atoms with van der Waals surface area (Å²) in [4.78, 5) is 12.2. The van der Waals surface area contributed by atoms with E-state index in [1.807, 2.05) is 0 Å². The first-order valence-corrected chi connectivity index (χ1v) is 10.9. The van der Waals surface area contributed by atoms with Gasteiger partial charge in [0.25, 0.3) is 0 Å². The summed E-state index contributed by atoms with van der Waals surface area (Å²) in [6.07, 6.45) is 16.1. The van der Waals surface area contributed by atoms with Gasteiger partial charge >= 0.3 is 5.97 Å². The Kier molecular flexibility index (Phi) is 7.58. The summed E-state index contributed by atoms with van der Waals surface area (Å²) in [5, 5.41) is 0. The van der Waals surface area contributed by atoms with Crippen molar-refractivity contribution in [3.63, 3.8) is 0 Å². The number of carbonyl (C=O) groups is 1. The minimum atomic E-state index is -0.171. The standard InChI is InChI=1S/C24H35O2/c1-2-3-5-8-19-11-13-20(14-12-19)21-15-17-23(18-16-21)26-24(25)22-9-6-4-7-10-22/h6-7,9-10,19-21,23H,2-3,5,8,11-18H2,1H3/t19?,20?,21-,23-. The summed E-state index contributed by atoms with van der Waals surface area (Å²) < 4.78 is 5.73. The summed E-state index contributed by atoms with van der Waals surface area (Å²) in [6, 6.07) is 10.1. The highest BCUT2D eigenvalue weighted by atomic mass is 16.5. The molecule has 1 radical (unpaired) electrons. The van der Waals surface area contributed by atoms with Gasteiger partial charge in [-0.1, -0.05) is 57.6 Å². The maximum absolute atomic E-state index is 12.2. The Labute approximate surface area is 159 Å². The van der Waals surface area contributed by atoms with E-state index >= 15 is 0 Å². The fraction of sp³-hybridized carbons (Fsp3) is 0.708. The third-order valence-electron chi connectivity index (χ3n) is 6.72. The molecule has 26 heavy (non-hydrogen) atoms. The Hall–Kier alpha value is -1.31. The van der Waals surface area contributed by atoms with Crippen LogP contribution in [0.15, 0.2) is 24.3 Å². The van der Waals surface area contributed by atoms with Gasteiger partial charge in [0.05, 0.1) is 5.56 Å². The number of hydrogen-bond acceptors (Lipinski definition) is 2. The second kappa shape index (κ2) is 10.1. The maximum atomic E-state index is 12.2. The summed E-state index contributed by atoms with van der Waals surface area (Å²) in [5.74, 6) is 2.62. The number of carbonyl (C=O) groups excluding carboxylic acids is 1. The van der Waals surface area contributed by atoms with Gasteiger partial charge in [0.1, 0.15) is 6.10 Å². The van der Waals surface area contributed by atoms with Crippen molar-refractivity contribution in [1.82, 2.24) is 0 Å². The van der Waals surface area contributed by atoms with E-state index in [0.717, 1.165) is 30.6 Å². The van der Waals surface area contributed by atoms with Gasteiger partial charge in [-0.3, -0.25) is 0 Å². The number of benzene rings is 1. The third-order valence-corrected chi connectivity index (χ3v) is 6.72. The number of esters is 1. The Balaban J connectivity index is 1.36. The Morgan fingerprint density at radius 3 is 2.19 bits per heavy atom. The van der Waals surface area contributed by atoms with E-state index < -0.39 is 0 Å². The Morgan fingerprint density at radius 2 is 1.58 bits per heavy atom. The van der Waals surface area contributed by atoms with Crippen molar-refractivity contribution in [3.8, 4) is 0 Å². The molecule has 0 heterocycles. The van der Waals surface area contributed by atoms with Crippen LogP contribution >= 0.6 is 0 Å². The van der Waals surface area contributed by atoms with Gasteiger partial charge in [0.15, 0.2) is 0 Å². The van der Waals surface area contributed by atoms with Crippen LogP contribution < -0.4 is 0 Å². The lowest BCUT2D eigenvalue weighted by Gasteiger charge is -2.37. The lowest BCUT2D eigenvalue weighted by atomic mass is 9.70. The number of unbranched alkanes of at least 4 members (excludes halogenated alkanes) is 2. The predicted octanol–water partition coefficient (Wildman–Crippen LogP) is 6.59. The summed E-state index contributed by atoms with van der Waals surface area (Å²) in [5.41, 5.74) is 0.646. The molecule has 143 valence electrons. The molecule has 1 aromatic carbocycles. The van der Waals surface area contributed by atoms with Gasteiger partial charge in [-0.05, 0) is 74.5 Å². The molecule has 0 amide bonds. The zero-order valence-corrected chi connectivity index (χ0v) is 16.4. The van der Waals surface area contributed by atoms with E-state index in [1.165, 1.54) is 64.2 Å². The molecule has 0 N–H and O–H groups in total. The topological polar surface area (TPSA) is 26.3 Å². The van der Waals surface area contributed by atoms with Crippen LogP contribution in [-0.2, 0) is 4.74 Å². The van der Waals surface area contributed by atoms with Crippen molar-refractivity contribution >= 4 is 5.97 Å². The molecular weight excluding hydrogens is 320 g/mol. The van der Waals surface area contributed by atoms with Crippen LogP contribution in [0.3, 0.4) is 0 Å². The highest BCUT2D eigenvalue weighted by Gasteiger charge is 2.31. The minimum absolute atomic E-state index is 0.119. The normalized spacial score (nSPS) is 29.3. The zero-order valence-electron chi connectivity index (χ0n) is 16.4. The van der Waals surface area contributed by atoms with E-state index in [1.54, 1.807) is 24.3 Å². The van der Waals surface area contributed by atoms with Gasteiger partial charge in [-0.25, -0.2) is 4.79 Å². The van der Waals surface area contributed by atoms with Crippen LogP contribution in [0.4, 0.5) is 0 Å². The molecular formula is C24H35O2. The first-order chi connectivity index (χ1) is 12.8. The van der Waals surface area contributed by atoms with E-state index in [4.69, 9.17) is 4.74 Å². The van der Waals surface area contributed by atoms with Gasteiger partial charge in [-0.15, -0.1) is 0 Å². The van der Waals surface area contributed by atoms with Crippen molar-refractivity contribution in [2.45, 2.75) is 90.1 Å². The molecule has 2 nitrogen and oxygen atoms in total. The van der Waals surface area contributed by atoms with Gasteiger partial charge in [0.2, 0.25) is 0 Å². The van der Waals surface area contributed by atoms with Gasteiger partial charge < -0.3 is 4.74 Å². The fourth-order valence-electron chi connectivity index (χ4n) is 5.05. The summed E-state index contributed by atoms with van der Waals surface area (Å²) in [7, 11) is 0. The number of hydrogen-bond donors (Lipinski definition) is 0. The van der Waals surface area contributed by atoms with E-state index in [0.29, 0.717) is 5.56 Å². The molecule has 3 rings (SSSR count). The Bertz CT molecular complexity index is 522. The molecule has 2 saturated carbocycles. The summed E-state index contributed by atoms with van der Waals surface area (Å²) >= 11 is 0. The molecule has 2 aliphatic carbocycles. The van der Waals surface area contributed by atoms with Crippen LogP contribution in [0.5, 0.6) is 0 Å². The molecule has 0 spiro atoms. The van der Waals surface area contributed by atoms with Crippen molar-refractivity contribution in [2.75, 3.05) is 0 Å². The fourth-order valence-corrected chi connectivity index (χ4v) is 5.05.